The number of carbonyl (C=O) groups excluding carboxylic acids is 4. The molecule has 1 fully saturated rings. The van der Waals surface area contributed by atoms with Crippen molar-refractivity contribution in [2.24, 2.45) is 0 Å². The van der Waals surface area contributed by atoms with Gasteiger partial charge in [0.05, 0.1) is 24.5 Å². The van der Waals surface area contributed by atoms with Gasteiger partial charge in [-0.1, -0.05) is 0 Å². The van der Waals surface area contributed by atoms with Crippen LogP contribution in [0.4, 0.5) is 0 Å². The first-order chi connectivity index (χ1) is 12.8. The second-order valence-corrected chi connectivity index (χ2v) is 6.41. The average Bonchev–Trinajstić information content (AvgIpc) is 2.56. The van der Waals surface area contributed by atoms with Gasteiger partial charge in [0, 0.05) is 72.0 Å². The van der Waals surface area contributed by atoms with Crippen LogP contribution < -0.4 is 15.3 Å². The van der Waals surface area contributed by atoms with Crippen LogP contribution >= 0.6 is 0 Å². The monoisotopic (exact) mass is 385 g/mol. The van der Waals surface area contributed by atoms with Crippen LogP contribution in [0, 0.1) is 0 Å². The van der Waals surface area contributed by atoms with E-state index >= 15 is 0 Å². The maximum Gasteiger partial charge on any atom is 0.133 e. The highest BCUT2D eigenvalue weighted by Gasteiger charge is 2.16. The summed E-state index contributed by atoms with van der Waals surface area (Å²) >= 11 is 0. The van der Waals surface area contributed by atoms with Crippen LogP contribution in [-0.2, 0) is 19.2 Å². The van der Waals surface area contributed by atoms with E-state index in [9.17, 15) is 34.5 Å². The first-order valence-corrected chi connectivity index (χ1v) is 8.72. The van der Waals surface area contributed by atoms with E-state index in [1.165, 1.54) is 0 Å². The molecule has 0 aliphatic carbocycles. The Morgan fingerprint density at radius 1 is 0.593 bits per heavy atom. The molecule has 0 amide bonds. The molecule has 0 aromatic heterocycles. The lowest BCUT2D eigenvalue weighted by Gasteiger charge is -2.34. The van der Waals surface area contributed by atoms with Crippen LogP contribution in [0.25, 0.3) is 0 Å². The minimum Gasteiger partial charge on any atom is -0.549 e. The fourth-order valence-corrected chi connectivity index (χ4v) is 2.89. The van der Waals surface area contributed by atoms with Gasteiger partial charge in [0.15, 0.2) is 0 Å². The Morgan fingerprint density at radius 2 is 0.852 bits per heavy atom. The zero-order valence-corrected chi connectivity index (χ0v) is 15.2. The Morgan fingerprint density at radius 3 is 1.07 bits per heavy atom. The van der Waals surface area contributed by atoms with Crippen molar-refractivity contribution in [3.63, 3.8) is 0 Å². The van der Waals surface area contributed by atoms with E-state index in [2.05, 4.69) is 0 Å². The average molecular weight is 385 g/mol. The summed E-state index contributed by atoms with van der Waals surface area (Å²) in [6.45, 7) is 1.84. The highest BCUT2D eigenvalue weighted by atomic mass is 16.4. The standard InChI is InChI=1S/C16H28N4O7/c21-10-9-17-1-3-18(11-14(22)23)5-7-20(13-16(26)27)8-6-19(4-2-17)12-15(24)25/h10H,1-9,11-13H2,(H,22,23)(H,24,25)(H,26,27)/p-3. The van der Waals surface area contributed by atoms with E-state index in [1.807, 2.05) is 0 Å². The third kappa shape index (κ3) is 10.6. The third-order valence-corrected chi connectivity index (χ3v) is 4.32. The third-order valence-electron chi connectivity index (χ3n) is 4.32. The van der Waals surface area contributed by atoms with Gasteiger partial charge in [0.25, 0.3) is 0 Å². The molecule has 11 nitrogen and oxygen atoms in total. The van der Waals surface area contributed by atoms with Gasteiger partial charge in [-0.15, -0.1) is 0 Å². The minimum atomic E-state index is -1.27. The molecule has 0 unspecified atom stereocenters. The normalized spacial score (nSPS) is 19.7. The molecule has 0 saturated carbocycles. The van der Waals surface area contributed by atoms with E-state index in [0.717, 1.165) is 6.29 Å². The molecule has 1 aliphatic heterocycles. The molecule has 154 valence electrons. The smallest absolute Gasteiger partial charge is 0.133 e. The molecule has 1 aliphatic rings. The fourth-order valence-electron chi connectivity index (χ4n) is 2.89. The molecule has 1 heterocycles. The number of nitrogens with zero attached hydrogens (tertiary/aromatic N) is 4. The van der Waals surface area contributed by atoms with Crippen molar-refractivity contribution in [2.75, 3.05) is 78.5 Å². The molecule has 11 heteroatoms. The predicted molar refractivity (Wildman–Crippen MR) is 86.8 cm³/mol. The lowest BCUT2D eigenvalue weighted by Crippen LogP contribution is -2.51. The zero-order valence-electron chi connectivity index (χ0n) is 15.2. The number of rotatable bonds is 8. The van der Waals surface area contributed by atoms with E-state index < -0.39 is 17.9 Å². The Balaban J connectivity index is 2.86. The number of aldehydes is 1. The molecule has 0 bridgehead atoms. The van der Waals surface area contributed by atoms with Gasteiger partial charge in [-0.05, 0) is 0 Å². The minimum absolute atomic E-state index is 0.148. The maximum absolute atomic E-state index is 10.9. The number of carboxylic acid groups (broad SMARTS) is 3. The number of carbonyl (C=O) groups is 4. The quantitative estimate of drug-likeness (QED) is 0.367. The van der Waals surface area contributed by atoms with Crippen molar-refractivity contribution in [1.29, 1.82) is 0 Å². The lowest BCUT2D eigenvalue weighted by atomic mass is 10.3. The van der Waals surface area contributed by atoms with Crippen LogP contribution in [0.15, 0.2) is 0 Å². The van der Waals surface area contributed by atoms with E-state index in [0.29, 0.717) is 26.2 Å². The first-order valence-electron chi connectivity index (χ1n) is 8.72. The molecule has 0 spiro atoms. The summed E-state index contributed by atoms with van der Waals surface area (Å²) in [6.07, 6.45) is 0.736. The van der Waals surface area contributed by atoms with E-state index in [-0.39, 0.29) is 52.4 Å². The van der Waals surface area contributed by atoms with E-state index in [4.69, 9.17) is 0 Å². The topological polar surface area (TPSA) is 150 Å². The summed E-state index contributed by atoms with van der Waals surface area (Å²) in [5.74, 6) is -3.75. The Bertz CT molecular complexity index is 485. The van der Waals surface area contributed by atoms with Crippen LogP contribution in [0.1, 0.15) is 0 Å². The highest BCUT2D eigenvalue weighted by molar-refractivity contribution is 5.67. The molecule has 0 radical (unpaired) electrons. The van der Waals surface area contributed by atoms with Gasteiger partial charge in [0.1, 0.15) is 6.29 Å². The largest absolute Gasteiger partial charge is 0.549 e. The Kier molecular flexibility index (Phi) is 10.5. The van der Waals surface area contributed by atoms with Crippen molar-refractivity contribution in [1.82, 2.24) is 19.6 Å². The van der Waals surface area contributed by atoms with Crippen molar-refractivity contribution >= 4 is 24.2 Å². The van der Waals surface area contributed by atoms with Gasteiger partial charge in [-0.3, -0.25) is 19.6 Å². The SMILES string of the molecule is O=CCN1CCN(CC(=O)[O-])CCN(CC(=O)[O-])CCN(CC(=O)[O-])CC1. The summed E-state index contributed by atoms with van der Waals surface area (Å²) in [5.41, 5.74) is 0. The van der Waals surface area contributed by atoms with Gasteiger partial charge >= 0.3 is 0 Å². The second-order valence-electron chi connectivity index (χ2n) is 6.41. The second kappa shape index (κ2) is 12.3. The maximum atomic E-state index is 10.9. The van der Waals surface area contributed by atoms with Gasteiger partial charge < -0.3 is 34.5 Å². The van der Waals surface area contributed by atoms with Crippen LogP contribution in [-0.4, -0.2) is 122 Å². The summed E-state index contributed by atoms with van der Waals surface area (Å²) < 4.78 is 0. The molecular formula is C16H25N4O7-3. The summed E-state index contributed by atoms with van der Waals surface area (Å²) in [5, 5.41) is 32.8. The number of carboxylic acids is 3. The number of hydrogen-bond acceptors (Lipinski definition) is 11. The summed E-state index contributed by atoms with van der Waals surface area (Å²) in [6, 6.07) is 0. The Labute approximate surface area is 157 Å². The van der Waals surface area contributed by atoms with Gasteiger partial charge in [-0.25, -0.2) is 0 Å². The van der Waals surface area contributed by atoms with Crippen LogP contribution in [0.2, 0.25) is 0 Å². The predicted octanol–water partition coefficient (Wildman–Crippen LogP) is -6.34. The van der Waals surface area contributed by atoms with E-state index in [1.54, 1.807) is 19.6 Å². The van der Waals surface area contributed by atoms with Gasteiger partial charge in [-0.2, -0.15) is 0 Å². The van der Waals surface area contributed by atoms with Crippen LogP contribution in [0.5, 0.6) is 0 Å². The van der Waals surface area contributed by atoms with Crippen molar-refractivity contribution < 1.29 is 34.5 Å². The number of aliphatic carboxylic acids is 3. The summed E-state index contributed by atoms with van der Waals surface area (Å²) in [4.78, 5) is 50.3. The highest BCUT2D eigenvalue weighted by Crippen LogP contribution is 2.00. The molecule has 1 rings (SSSR count). The first kappa shape index (κ1) is 23.0. The fraction of sp³-hybridized carbons (Fsp3) is 0.750. The number of hydrogen-bond donors (Lipinski definition) is 0. The van der Waals surface area contributed by atoms with Gasteiger partial charge in [0.2, 0.25) is 0 Å². The molecule has 0 atom stereocenters. The molecule has 27 heavy (non-hydrogen) atoms. The molecule has 1 saturated heterocycles. The molecular weight excluding hydrogens is 360 g/mol. The summed E-state index contributed by atoms with van der Waals surface area (Å²) in [7, 11) is 0. The van der Waals surface area contributed by atoms with Crippen LogP contribution in [0.3, 0.4) is 0 Å². The lowest BCUT2D eigenvalue weighted by molar-refractivity contribution is -0.308. The van der Waals surface area contributed by atoms with Crippen molar-refractivity contribution in [3.8, 4) is 0 Å². The zero-order chi connectivity index (χ0) is 20.2. The van der Waals surface area contributed by atoms with Crippen molar-refractivity contribution in [3.05, 3.63) is 0 Å². The molecule has 0 N–H and O–H groups in total. The molecule has 0 aromatic carbocycles. The Hall–Kier alpha value is -2.08. The van der Waals surface area contributed by atoms with Crippen molar-refractivity contribution in [2.45, 2.75) is 0 Å². The molecule has 0 aromatic rings.